The maximum Gasteiger partial charge on any atom is 0.268 e. The lowest BCUT2D eigenvalue weighted by Gasteiger charge is -2.11. The third-order valence-electron chi connectivity index (χ3n) is 3.44. The van der Waals surface area contributed by atoms with Crippen LogP contribution in [0.5, 0.6) is 5.75 Å². The number of allylic oxidation sites excluding steroid dienone is 2. The Morgan fingerprint density at radius 1 is 1.43 bits per heavy atom. The van der Waals surface area contributed by atoms with Crippen LogP contribution in [-0.4, -0.2) is 23.1 Å². The third kappa shape index (κ3) is 3.83. The lowest BCUT2D eigenvalue weighted by atomic mass is 10.2. The van der Waals surface area contributed by atoms with Crippen molar-refractivity contribution < 1.29 is 9.53 Å². The fraction of sp³-hybridized carbons (Fsp3) is 0.316. The molecular weight excluding hydrogens is 288 g/mol. The van der Waals surface area contributed by atoms with Crippen molar-refractivity contribution in [3.8, 4) is 5.75 Å². The highest BCUT2D eigenvalue weighted by atomic mass is 16.5. The molecule has 0 bridgehead atoms. The van der Waals surface area contributed by atoms with Crippen LogP contribution in [0.4, 0.5) is 0 Å². The molecule has 4 heteroatoms. The minimum atomic E-state index is -0.0737. The molecule has 122 valence electrons. The largest absolute Gasteiger partial charge is 0.489 e. The van der Waals surface area contributed by atoms with Crippen LogP contribution in [0.25, 0.3) is 10.9 Å². The Kier molecular flexibility index (Phi) is 5.63. The molecular formula is C19H24N2O2. The summed E-state index contributed by atoms with van der Waals surface area (Å²) in [6.07, 6.45) is 5.72. The van der Waals surface area contributed by atoms with Gasteiger partial charge in [-0.05, 0) is 39.0 Å². The topological polar surface area (TPSA) is 43.3 Å². The molecule has 0 fully saturated rings. The van der Waals surface area contributed by atoms with Gasteiger partial charge in [0.15, 0.2) is 0 Å². The van der Waals surface area contributed by atoms with Gasteiger partial charge in [0, 0.05) is 18.0 Å². The van der Waals surface area contributed by atoms with E-state index in [0.29, 0.717) is 18.8 Å². The number of hydrogen-bond acceptors (Lipinski definition) is 2. The Morgan fingerprint density at radius 2 is 2.22 bits per heavy atom. The first-order chi connectivity index (χ1) is 11.1. The average molecular weight is 312 g/mol. The number of amides is 1. The van der Waals surface area contributed by atoms with Gasteiger partial charge in [-0.2, -0.15) is 0 Å². The van der Waals surface area contributed by atoms with E-state index in [4.69, 9.17) is 4.74 Å². The maximum absolute atomic E-state index is 12.5. The average Bonchev–Trinajstić information content (AvgIpc) is 2.89. The van der Waals surface area contributed by atoms with Crippen molar-refractivity contribution in [2.24, 2.45) is 0 Å². The van der Waals surface area contributed by atoms with Crippen molar-refractivity contribution in [1.82, 2.24) is 9.88 Å². The predicted molar refractivity (Wildman–Crippen MR) is 95.0 cm³/mol. The van der Waals surface area contributed by atoms with Gasteiger partial charge in [0.05, 0.1) is 5.52 Å². The second kappa shape index (κ2) is 7.68. The molecule has 0 radical (unpaired) electrons. The zero-order chi connectivity index (χ0) is 16.8. The molecule has 2 aromatic rings. The van der Waals surface area contributed by atoms with Crippen LogP contribution in [0, 0.1) is 0 Å². The normalized spacial score (nSPS) is 11.3. The first-order valence-corrected chi connectivity index (χ1v) is 7.86. The van der Waals surface area contributed by atoms with E-state index in [-0.39, 0.29) is 11.9 Å². The van der Waals surface area contributed by atoms with Crippen molar-refractivity contribution in [2.75, 3.05) is 6.61 Å². The van der Waals surface area contributed by atoms with Crippen LogP contribution >= 0.6 is 0 Å². The molecule has 1 aromatic heterocycles. The number of carbonyl (C=O) groups excluding carboxylic acids is 1. The molecule has 2 rings (SSSR count). The van der Waals surface area contributed by atoms with E-state index in [9.17, 15) is 4.79 Å². The minimum Gasteiger partial charge on any atom is -0.489 e. The van der Waals surface area contributed by atoms with Crippen molar-refractivity contribution in [1.29, 1.82) is 0 Å². The number of benzene rings is 1. The Labute approximate surface area is 137 Å². The van der Waals surface area contributed by atoms with Crippen LogP contribution in [0.1, 0.15) is 31.3 Å². The molecule has 1 amide bonds. The van der Waals surface area contributed by atoms with E-state index in [1.807, 2.05) is 61.8 Å². The molecule has 0 aliphatic rings. The number of nitrogens with zero attached hydrogens (tertiary/aromatic N) is 1. The molecule has 0 atom stereocenters. The number of carbonyl (C=O) groups is 1. The lowest BCUT2D eigenvalue weighted by Crippen LogP contribution is -2.31. The molecule has 1 N–H and O–H groups in total. The van der Waals surface area contributed by atoms with E-state index in [1.165, 1.54) is 0 Å². The number of ether oxygens (including phenoxy) is 1. The van der Waals surface area contributed by atoms with E-state index >= 15 is 0 Å². The summed E-state index contributed by atoms with van der Waals surface area (Å²) in [4.78, 5) is 12.5. The summed E-state index contributed by atoms with van der Waals surface area (Å²) in [6, 6.07) is 7.85. The Morgan fingerprint density at radius 3 is 2.87 bits per heavy atom. The predicted octanol–water partition coefficient (Wildman–Crippen LogP) is 3.92. The molecule has 0 saturated heterocycles. The maximum atomic E-state index is 12.5. The lowest BCUT2D eigenvalue weighted by molar-refractivity contribution is 0.0934. The fourth-order valence-corrected chi connectivity index (χ4v) is 2.46. The number of hydrogen-bond donors (Lipinski definition) is 1. The Hall–Kier alpha value is -2.49. The standard InChI is InChI=1S/C19H24N2O2/c1-5-7-11-21-16-9-8-10-18(23-12-6-2)15(16)13-17(21)19(22)20-14(3)4/h5-10,13-14H,2,11-12H2,1,3-4H3,(H,20,22)/b7-5-. The van der Waals surface area contributed by atoms with Gasteiger partial charge in [-0.3, -0.25) is 4.79 Å². The van der Waals surface area contributed by atoms with Gasteiger partial charge in [0.25, 0.3) is 5.91 Å². The van der Waals surface area contributed by atoms with Gasteiger partial charge in [-0.15, -0.1) is 0 Å². The summed E-state index contributed by atoms with van der Waals surface area (Å²) in [5, 5.41) is 3.90. The first kappa shape index (κ1) is 16.9. The molecule has 0 unspecified atom stereocenters. The van der Waals surface area contributed by atoms with Crippen LogP contribution < -0.4 is 10.1 Å². The van der Waals surface area contributed by atoms with Crippen LogP contribution in [-0.2, 0) is 6.54 Å². The summed E-state index contributed by atoms with van der Waals surface area (Å²) in [5.41, 5.74) is 1.63. The van der Waals surface area contributed by atoms with Crippen LogP contribution in [0.2, 0.25) is 0 Å². The second-order valence-electron chi connectivity index (χ2n) is 5.63. The van der Waals surface area contributed by atoms with Crippen molar-refractivity contribution in [3.05, 3.63) is 54.8 Å². The summed E-state index contributed by atoms with van der Waals surface area (Å²) in [6.45, 7) is 10.6. The van der Waals surface area contributed by atoms with Crippen LogP contribution in [0.15, 0.2) is 49.1 Å². The summed E-state index contributed by atoms with van der Waals surface area (Å²) in [7, 11) is 0. The molecule has 0 aliphatic carbocycles. The molecule has 0 aliphatic heterocycles. The molecule has 0 saturated carbocycles. The van der Waals surface area contributed by atoms with Gasteiger partial charge >= 0.3 is 0 Å². The highest BCUT2D eigenvalue weighted by Crippen LogP contribution is 2.29. The smallest absolute Gasteiger partial charge is 0.268 e. The number of rotatable bonds is 7. The fourth-order valence-electron chi connectivity index (χ4n) is 2.46. The van der Waals surface area contributed by atoms with E-state index in [1.54, 1.807) is 6.08 Å². The van der Waals surface area contributed by atoms with Gasteiger partial charge in [0.2, 0.25) is 0 Å². The quantitative estimate of drug-likeness (QED) is 0.787. The molecule has 4 nitrogen and oxygen atoms in total. The summed E-state index contributed by atoms with van der Waals surface area (Å²) >= 11 is 0. The number of aromatic nitrogens is 1. The molecule has 23 heavy (non-hydrogen) atoms. The SMILES string of the molecule is C=CCOc1cccc2c1cc(C(=O)NC(C)C)n2C/C=C\C. The number of nitrogens with one attached hydrogen (secondary N) is 1. The number of fused-ring (bicyclic) bond motifs is 1. The zero-order valence-electron chi connectivity index (χ0n) is 14.0. The highest BCUT2D eigenvalue weighted by molar-refractivity contribution is 6.00. The molecule has 1 heterocycles. The first-order valence-electron chi connectivity index (χ1n) is 7.86. The zero-order valence-corrected chi connectivity index (χ0v) is 14.0. The molecule has 1 aromatic carbocycles. The van der Waals surface area contributed by atoms with Crippen molar-refractivity contribution in [3.63, 3.8) is 0 Å². The van der Waals surface area contributed by atoms with Crippen molar-refractivity contribution in [2.45, 2.75) is 33.4 Å². The van der Waals surface area contributed by atoms with Gasteiger partial charge in [-0.1, -0.05) is 30.9 Å². The summed E-state index contributed by atoms with van der Waals surface area (Å²) in [5.74, 6) is 0.690. The van der Waals surface area contributed by atoms with E-state index in [2.05, 4.69) is 11.9 Å². The molecule has 0 spiro atoms. The van der Waals surface area contributed by atoms with E-state index in [0.717, 1.165) is 16.7 Å². The van der Waals surface area contributed by atoms with Crippen molar-refractivity contribution >= 4 is 16.8 Å². The monoisotopic (exact) mass is 312 g/mol. The van der Waals surface area contributed by atoms with E-state index < -0.39 is 0 Å². The van der Waals surface area contributed by atoms with Gasteiger partial charge in [-0.25, -0.2) is 0 Å². The van der Waals surface area contributed by atoms with Gasteiger partial charge in [0.1, 0.15) is 18.1 Å². The Balaban J connectivity index is 2.55. The highest BCUT2D eigenvalue weighted by Gasteiger charge is 2.17. The second-order valence-corrected chi connectivity index (χ2v) is 5.63. The van der Waals surface area contributed by atoms with Crippen LogP contribution in [0.3, 0.4) is 0 Å². The minimum absolute atomic E-state index is 0.0737. The van der Waals surface area contributed by atoms with Gasteiger partial charge < -0.3 is 14.6 Å². The third-order valence-corrected chi connectivity index (χ3v) is 3.44. The Bertz CT molecular complexity index is 726. The summed E-state index contributed by atoms with van der Waals surface area (Å²) < 4.78 is 7.73.